The summed E-state index contributed by atoms with van der Waals surface area (Å²) in [5, 5.41) is 0.835. The van der Waals surface area contributed by atoms with Crippen molar-refractivity contribution in [2.75, 3.05) is 18.0 Å². The fraction of sp³-hybridized carbons (Fsp3) is 0.600. The highest BCUT2D eigenvalue weighted by Gasteiger charge is 2.20. The highest BCUT2D eigenvalue weighted by Crippen LogP contribution is 2.32. The molecule has 0 aliphatic carbocycles. The molecule has 100 valence electrons. The lowest BCUT2D eigenvalue weighted by molar-refractivity contribution is 0.405. The van der Waals surface area contributed by atoms with Crippen LogP contribution in [0.3, 0.4) is 0 Å². The number of hydrogen-bond acceptors (Lipinski definition) is 2. The van der Waals surface area contributed by atoms with Gasteiger partial charge in [-0.15, -0.1) is 0 Å². The fourth-order valence-corrected chi connectivity index (χ4v) is 2.99. The van der Waals surface area contributed by atoms with Crippen LogP contribution in [0.1, 0.15) is 44.7 Å². The fourth-order valence-electron chi connectivity index (χ4n) is 2.68. The van der Waals surface area contributed by atoms with Crippen molar-refractivity contribution < 1.29 is 0 Å². The van der Waals surface area contributed by atoms with Gasteiger partial charge in [-0.2, -0.15) is 0 Å². The van der Waals surface area contributed by atoms with Gasteiger partial charge in [0.1, 0.15) is 0 Å². The van der Waals surface area contributed by atoms with Crippen LogP contribution in [0.15, 0.2) is 18.2 Å². The number of piperidine rings is 1. The van der Waals surface area contributed by atoms with Gasteiger partial charge in [-0.05, 0) is 43.4 Å². The quantitative estimate of drug-likeness (QED) is 0.896. The SMILES string of the molecule is CCC1CCCN(c2ccc(C(C)N)cc2Cl)C1. The summed E-state index contributed by atoms with van der Waals surface area (Å²) < 4.78 is 0. The molecule has 2 N–H and O–H groups in total. The first-order valence-corrected chi connectivity index (χ1v) is 7.29. The molecule has 2 rings (SSSR count). The largest absolute Gasteiger partial charge is 0.370 e. The van der Waals surface area contributed by atoms with Crippen molar-refractivity contribution in [1.82, 2.24) is 0 Å². The molecule has 2 nitrogen and oxygen atoms in total. The van der Waals surface area contributed by atoms with Crippen LogP contribution in [-0.4, -0.2) is 13.1 Å². The van der Waals surface area contributed by atoms with Crippen molar-refractivity contribution in [3.8, 4) is 0 Å². The van der Waals surface area contributed by atoms with Crippen molar-refractivity contribution in [3.63, 3.8) is 0 Å². The Morgan fingerprint density at radius 2 is 2.28 bits per heavy atom. The maximum atomic E-state index is 6.40. The van der Waals surface area contributed by atoms with Gasteiger partial charge in [-0.1, -0.05) is 31.0 Å². The molecule has 1 saturated heterocycles. The molecular weight excluding hydrogens is 244 g/mol. The van der Waals surface area contributed by atoms with E-state index in [0.29, 0.717) is 0 Å². The van der Waals surface area contributed by atoms with E-state index in [-0.39, 0.29) is 6.04 Å². The third-order valence-corrected chi connectivity index (χ3v) is 4.24. The van der Waals surface area contributed by atoms with Gasteiger partial charge >= 0.3 is 0 Å². The maximum absolute atomic E-state index is 6.40. The van der Waals surface area contributed by atoms with Crippen LogP contribution in [0.5, 0.6) is 0 Å². The zero-order valence-electron chi connectivity index (χ0n) is 11.3. The summed E-state index contributed by atoms with van der Waals surface area (Å²) in [5.74, 6) is 0.808. The number of hydrogen-bond donors (Lipinski definition) is 1. The van der Waals surface area contributed by atoms with Crippen molar-refractivity contribution >= 4 is 17.3 Å². The molecular formula is C15H23ClN2. The van der Waals surface area contributed by atoms with Crippen molar-refractivity contribution in [2.24, 2.45) is 11.7 Å². The third-order valence-electron chi connectivity index (χ3n) is 3.93. The maximum Gasteiger partial charge on any atom is 0.0642 e. The van der Waals surface area contributed by atoms with Crippen LogP contribution >= 0.6 is 11.6 Å². The molecule has 18 heavy (non-hydrogen) atoms. The molecule has 0 saturated carbocycles. The molecule has 1 heterocycles. The minimum absolute atomic E-state index is 0.0429. The lowest BCUT2D eigenvalue weighted by Crippen LogP contribution is -2.35. The van der Waals surface area contributed by atoms with Gasteiger partial charge in [0.05, 0.1) is 10.7 Å². The average molecular weight is 267 g/mol. The summed E-state index contributed by atoms with van der Waals surface area (Å²) in [6.45, 7) is 6.51. The smallest absolute Gasteiger partial charge is 0.0642 e. The second-order valence-corrected chi connectivity index (χ2v) is 5.77. The summed E-state index contributed by atoms with van der Waals surface area (Å²) in [6.07, 6.45) is 3.87. The Labute approximate surface area is 115 Å². The van der Waals surface area contributed by atoms with E-state index in [1.165, 1.54) is 24.9 Å². The Morgan fingerprint density at radius 3 is 2.89 bits per heavy atom. The number of anilines is 1. The predicted octanol–water partition coefficient (Wildman–Crippen LogP) is 3.99. The Hall–Kier alpha value is -0.730. The Kier molecular flexibility index (Phi) is 4.52. The Morgan fingerprint density at radius 1 is 1.50 bits per heavy atom. The van der Waals surface area contributed by atoms with Gasteiger partial charge in [0.2, 0.25) is 0 Å². The van der Waals surface area contributed by atoms with Crippen molar-refractivity contribution in [1.29, 1.82) is 0 Å². The zero-order valence-corrected chi connectivity index (χ0v) is 12.1. The van der Waals surface area contributed by atoms with Crippen LogP contribution in [0.2, 0.25) is 5.02 Å². The van der Waals surface area contributed by atoms with E-state index in [4.69, 9.17) is 17.3 Å². The van der Waals surface area contributed by atoms with E-state index >= 15 is 0 Å². The molecule has 0 radical (unpaired) electrons. The first kappa shape index (κ1) is 13.7. The summed E-state index contributed by atoms with van der Waals surface area (Å²) in [4.78, 5) is 2.42. The first-order chi connectivity index (χ1) is 8.61. The van der Waals surface area contributed by atoms with E-state index in [2.05, 4.69) is 24.0 Å². The standard InChI is InChI=1S/C15H23ClN2/c1-3-12-5-4-8-18(10-12)15-7-6-13(11(2)17)9-14(15)16/h6-7,9,11-12H,3-5,8,10,17H2,1-2H3. The van der Waals surface area contributed by atoms with Crippen molar-refractivity contribution in [3.05, 3.63) is 28.8 Å². The normalized spacial score (nSPS) is 22.0. The molecule has 2 atom stereocenters. The van der Waals surface area contributed by atoms with E-state index in [1.807, 2.05) is 13.0 Å². The summed E-state index contributed by atoms with van der Waals surface area (Å²) in [6, 6.07) is 6.28. The van der Waals surface area contributed by atoms with Gasteiger partial charge in [-0.25, -0.2) is 0 Å². The molecule has 1 fully saturated rings. The second-order valence-electron chi connectivity index (χ2n) is 5.36. The van der Waals surface area contributed by atoms with Crippen LogP contribution in [0, 0.1) is 5.92 Å². The van der Waals surface area contributed by atoms with Crippen LogP contribution in [-0.2, 0) is 0 Å². The zero-order chi connectivity index (χ0) is 13.1. The molecule has 1 aromatic rings. The topological polar surface area (TPSA) is 29.3 Å². The summed E-state index contributed by atoms with van der Waals surface area (Å²) in [5.41, 5.74) is 8.15. The molecule has 0 aromatic heterocycles. The molecule has 1 aliphatic rings. The molecule has 2 unspecified atom stereocenters. The molecule has 3 heteroatoms. The lowest BCUT2D eigenvalue weighted by Gasteiger charge is -2.34. The van der Waals surface area contributed by atoms with Gasteiger partial charge in [0, 0.05) is 19.1 Å². The highest BCUT2D eigenvalue weighted by atomic mass is 35.5. The van der Waals surface area contributed by atoms with E-state index < -0.39 is 0 Å². The van der Waals surface area contributed by atoms with E-state index in [9.17, 15) is 0 Å². The number of nitrogens with two attached hydrogens (primary N) is 1. The molecule has 1 aliphatic heterocycles. The Bertz CT molecular complexity index is 403. The predicted molar refractivity (Wildman–Crippen MR) is 79.3 cm³/mol. The monoisotopic (exact) mass is 266 g/mol. The number of nitrogens with zero attached hydrogens (tertiary/aromatic N) is 1. The average Bonchev–Trinajstić information content (AvgIpc) is 2.38. The highest BCUT2D eigenvalue weighted by molar-refractivity contribution is 6.33. The lowest BCUT2D eigenvalue weighted by atomic mass is 9.95. The summed E-state index contributed by atoms with van der Waals surface area (Å²) in [7, 11) is 0. The molecule has 1 aromatic carbocycles. The number of halogens is 1. The summed E-state index contributed by atoms with van der Waals surface area (Å²) >= 11 is 6.40. The van der Waals surface area contributed by atoms with Gasteiger partial charge in [0.15, 0.2) is 0 Å². The first-order valence-electron chi connectivity index (χ1n) is 6.91. The van der Waals surface area contributed by atoms with Gasteiger partial charge < -0.3 is 10.6 Å². The van der Waals surface area contributed by atoms with Crippen LogP contribution in [0.25, 0.3) is 0 Å². The van der Waals surface area contributed by atoms with Gasteiger partial charge in [0.25, 0.3) is 0 Å². The van der Waals surface area contributed by atoms with Crippen LogP contribution < -0.4 is 10.6 Å². The van der Waals surface area contributed by atoms with E-state index in [0.717, 1.165) is 29.6 Å². The molecule has 0 spiro atoms. The number of benzene rings is 1. The van der Waals surface area contributed by atoms with E-state index in [1.54, 1.807) is 0 Å². The van der Waals surface area contributed by atoms with Gasteiger partial charge in [-0.3, -0.25) is 0 Å². The minimum Gasteiger partial charge on any atom is -0.370 e. The minimum atomic E-state index is 0.0429. The molecule has 0 bridgehead atoms. The third kappa shape index (κ3) is 2.99. The van der Waals surface area contributed by atoms with Crippen molar-refractivity contribution in [2.45, 2.75) is 39.2 Å². The molecule has 0 amide bonds. The van der Waals surface area contributed by atoms with Crippen LogP contribution in [0.4, 0.5) is 5.69 Å². The number of rotatable bonds is 3. The second kappa shape index (κ2) is 5.94. The Balaban J connectivity index is 2.17.